The van der Waals surface area contributed by atoms with E-state index in [0.717, 1.165) is 6.07 Å². The van der Waals surface area contributed by atoms with Crippen LogP contribution in [-0.2, 0) is 9.84 Å². The number of thiophene rings is 1. The van der Waals surface area contributed by atoms with Gasteiger partial charge in [-0.2, -0.15) is 0 Å². The first-order valence-electron chi connectivity index (χ1n) is 8.24. The van der Waals surface area contributed by atoms with Gasteiger partial charge in [0.05, 0.1) is 9.82 Å². The second-order valence-corrected chi connectivity index (χ2v) is 8.99. The van der Waals surface area contributed by atoms with Crippen molar-refractivity contribution in [1.82, 2.24) is 5.32 Å². The molecule has 0 aliphatic carbocycles. The molecule has 0 bridgehead atoms. The molecule has 0 aliphatic heterocycles. The summed E-state index contributed by atoms with van der Waals surface area (Å²) in [6.07, 6.45) is 0. The average Bonchev–Trinajstić information content (AvgIpc) is 3.23. The van der Waals surface area contributed by atoms with E-state index < -0.39 is 25.9 Å². The van der Waals surface area contributed by atoms with E-state index >= 15 is 0 Å². The van der Waals surface area contributed by atoms with Crippen LogP contribution in [0.15, 0.2) is 77.0 Å². The first kappa shape index (κ1) is 19.7. The average molecular weight is 416 g/mol. The Hall–Kier alpha value is -3.04. The molecule has 3 aromatic rings. The van der Waals surface area contributed by atoms with Gasteiger partial charge in [0.1, 0.15) is 5.25 Å². The van der Waals surface area contributed by atoms with E-state index in [1.807, 2.05) is 0 Å². The van der Waals surface area contributed by atoms with Gasteiger partial charge in [-0.3, -0.25) is 14.9 Å². The highest BCUT2D eigenvalue weighted by molar-refractivity contribution is 7.91. The molecule has 0 aliphatic rings. The van der Waals surface area contributed by atoms with Crippen LogP contribution in [0.3, 0.4) is 0 Å². The lowest BCUT2D eigenvalue weighted by molar-refractivity contribution is -0.384. The Morgan fingerprint density at radius 1 is 1.07 bits per heavy atom. The van der Waals surface area contributed by atoms with Crippen LogP contribution >= 0.6 is 11.3 Å². The number of carbonyl (C=O) groups excluding carboxylic acids is 1. The third-order valence-corrected chi connectivity index (χ3v) is 7.31. The highest BCUT2D eigenvalue weighted by Gasteiger charge is 2.30. The third kappa shape index (κ3) is 4.26. The molecular weight excluding hydrogens is 400 g/mol. The summed E-state index contributed by atoms with van der Waals surface area (Å²) in [4.78, 5) is 23.5. The molecule has 144 valence electrons. The van der Waals surface area contributed by atoms with Gasteiger partial charge in [0.25, 0.3) is 11.6 Å². The van der Waals surface area contributed by atoms with Crippen LogP contribution < -0.4 is 5.32 Å². The van der Waals surface area contributed by atoms with E-state index in [9.17, 15) is 23.3 Å². The van der Waals surface area contributed by atoms with Crippen molar-refractivity contribution in [3.8, 4) is 0 Å². The molecule has 0 saturated heterocycles. The topological polar surface area (TPSA) is 106 Å². The Labute approximate surface area is 165 Å². The number of hydrogen-bond donors (Lipinski definition) is 1. The van der Waals surface area contributed by atoms with Crippen LogP contribution in [0.5, 0.6) is 0 Å². The van der Waals surface area contributed by atoms with Gasteiger partial charge in [-0.15, -0.1) is 11.3 Å². The highest BCUT2D eigenvalue weighted by atomic mass is 32.2. The summed E-state index contributed by atoms with van der Waals surface area (Å²) >= 11 is 1.29. The van der Waals surface area contributed by atoms with Crippen molar-refractivity contribution in [3.05, 3.63) is 92.7 Å². The molecule has 28 heavy (non-hydrogen) atoms. The molecule has 1 aromatic heterocycles. The smallest absolute Gasteiger partial charge is 0.270 e. The van der Waals surface area contributed by atoms with Crippen LogP contribution in [0.4, 0.5) is 5.69 Å². The minimum atomic E-state index is -3.74. The van der Waals surface area contributed by atoms with Gasteiger partial charge in [-0.1, -0.05) is 30.3 Å². The molecule has 0 unspecified atom stereocenters. The standard InChI is InChI=1S/C19H16N2O5S2/c22-19(14-6-4-7-15(12-14)21(23)24)20-13-18(17-10-5-11-27-17)28(25,26)16-8-2-1-3-9-16/h1-12,18H,13H2,(H,20,22)/t18-/m0/s1. The van der Waals surface area contributed by atoms with Crippen molar-refractivity contribution < 1.29 is 18.1 Å². The molecule has 0 saturated carbocycles. The Balaban J connectivity index is 1.85. The molecular formula is C19H16N2O5S2. The monoisotopic (exact) mass is 416 g/mol. The first-order chi connectivity index (χ1) is 13.4. The zero-order valence-electron chi connectivity index (χ0n) is 14.5. The predicted molar refractivity (Wildman–Crippen MR) is 106 cm³/mol. The van der Waals surface area contributed by atoms with E-state index in [1.54, 1.807) is 35.7 Å². The molecule has 1 atom stereocenters. The fraction of sp³-hybridized carbons (Fsp3) is 0.105. The van der Waals surface area contributed by atoms with Crippen molar-refractivity contribution in [3.63, 3.8) is 0 Å². The lowest BCUT2D eigenvalue weighted by Crippen LogP contribution is -2.31. The summed E-state index contributed by atoms with van der Waals surface area (Å²) in [5, 5.41) is 14.3. The van der Waals surface area contributed by atoms with Crippen molar-refractivity contribution in [2.75, 3.05) is 6.54 Å². The molecule has 3 rings (SSSR count). The van der Waals surface area contributed by atoms with Crippen LogP contribution in [-0.4, -0.2) is 25.8 Å². The van der Waals surface area contributed by atoms with Gasteiger partial charge in [0, 0.05) is 29.1 Å². The summed E-state index contributed by atoms with van der Waals surface area (Å²) < 4.78 is 26.2. The fourth-order valence-corrected chi connectivity index (χ4v) is 5.47. The largest absolute Gasteiger partial charge is 0.350 e. The number of nitro benzene ring substituents is 1. The number of sulfone groups is 1. The molecule has 7 nitrogen and oxygen atoms in total. The molecule has 0 spiro atoms. The summed E-state index contributed by atoms with van der Waals surface area (Å²) in [5.74, 6) is -0.575. The first-order valence-corrected chi connectivity index (χ1v) is 10.7. The number of benzene rings is 2. The molecule has 1 amide bonds. The Kier molecular flexibility index (Phi) is 5.86. The van der Waals surface area contributed by atoms with Crippen molar-refractivity contribution in [2.45, 2.75) is 10.1 Å². The minimum absolute atomic E-state index is 0.0937. The second-order valence-electron chi connectivity index (χ2n) is 5.88. The number of hydrogen-bond acceptors (Lipinski definition) is 6. The zero-order chi connectivity index (χ0) is 20.1. The summed E-state index contributed by atoms with van der Waals surface area (Å²) in [6.45, 7) is -0.154. The van der Waals surface area contributed by atoms with Gasteiger partial charge < -0.3 is 5.32 Å². The molecule has 0 fully saturated rings. The normalized spacial score (nSPS) is 12.3. The van der Waals surface area contributed by atoms with E-state index in [-0.39, 0.29) is 22.7 Å². The summed E-state index contributed by atoms with van der Waals surface area (Å²) in [5.41, 5.74) is -0.115. The Bertz CT molecular complexity index is 1080. The van der Waals surface area contributed by atoms with Crippen molar-refractivity contribution in [2.24, 2.45) is 0 Å². The fourth-order valence-electron chi connectivity index (χ4n) is 2.66. The van der Waals surface area contributed by atoms with Gasteiger partial charge in [-0.05, 0) is 29.6 Å². The predicted octanol–water partition coefficient (Wildman–Crippen LogP) is 3.60. The minimum Gasteiger partial charge on any atom is -0.350 e. The maximum Gasteiger partial charge on any atom is 0.270 e. The maximum atomic E-state index is 13.1. The molecule has 2 aromatic carbocycles. The van der Waals surface area contributed by atoms with E-state index in [1.165, 1.54) is 41.7 Å². The van der Waals surface area contributed by atoms with E-state index in [0.29, 0.717) is 4.88 Å². The van der Waals surface area contributed by atoms with Gasteiger partial charge in [-0.25, -0.2) is 8.42 Å². The Morgan fingerprint density at radius 2 is 1.82 bits per heavy atom. The van der Waals surface area contributed by atoms with E-state index in [4.69, 9.17) is 0 Å². The van der Waals surface area contributed by atoms with Crippen LogP contribution in [0.25, 0.3) is 0 Å². The van der Waals surface area contributed by atoms with Crippen LogP contribution in [0, 0.1) is 10.1 Å². The molecule has 1 heterocycles. The quantitative estimate of drug-likeness (QED) is 0.468. The number of nitrogens with zero attached hydrogens (tertiary/aromatic N) is 1. The van der Waals surface area contributed by atoms with Crippen LogP contribution in [0.2, 0.25) is 0 Å². The molecule has 1 N–H and O–H groups in total. The summed E-state index contributed by atoms with van der Waals surface area (Å²) in [7, 11) is -3.74. The number of carbonyl (C=O) groups is 1. The lowest BCUT2D eigenvalue weighted by Gasteiger charge is -2.17. The van der Waals surface area contributed by atoms with Crippen molar-refractivity contribution >= 4 is 32.8 Å². The second kappa shape index (κ2) is 8.32. The van der Waals surface area contributed by atoms with Gasteiger partial charge in [0.2, 0.25) is 0 Å². The third-order valence-electron chi connectivity index (χ3n) is 4.07. The number of nitrogens with one attached hydrogen (secondary N) is 1. The van der Waals surface area contributed by atoms with Gasteiger partial charge in [0.15, 0.2) is 9.84 Å². The summed E-state index contributed by atoms with van der Waals surface area (Å²) in [6, 6.07) is 16.8. The number of amides is 1. The molecule has 0 radical (unpaired) electrons. The molecule has 9 heteroatoms. The Morgan fingerprint density at radius 3 is 2.46 bits per heavy atom. The number of non-ortho nitro benzene ring substituents is 1. The number of rotatable bonds is 7. The maximum absolute atomic E-state index is 13.1. The van der Waals surface area contributed by atoms with Crippen molar-refractivity contribution in [1.29, 1.82) is 0 Å². The lowest BCUT2D eigenvalue weighted by atomic mass is 10.2. The van der Waals surface area contributed by atoms with Crippen LogP contribution in [0.1, 0.15) is 20.5 Å². The van der Waals surface area contributed by atoms with E-state index in [2.05, 4.69) is 5.32 Å². The van der Waals surface area contributed by atoms with Gasteiger partial charge >= 0.3 is 0 Å². The SMILES string of the molecule is O=C(NC[C@@H](c1cccs1)S(=O)(=O)c1ccccc1)c1cccc([N+](=O)[O-])c1. The number of nitro groups is 1. The highest BCUT2D eigenvalue weighted by Crippen LogP contribution is 2.31. The zero-order valence-corrected chi connectivity index (χ0v) is 16.2.